The molecule has 1 aromatic carbocycles. The van der Waals surface area contributed by atoms with Gasteiger partial charge in [-0.05, 0) is 23.3 Å². The predicted molar refractivity (Wildman–Crippen MR) is 63.7 cm³/mol. The van der Waals surface area contributed by atoms with Crippen LogP contribution in [0, 0.1) is 0 Å². The van der Waals surface area contributed by atoms with Gasteiger partial charge in [-0.1, -0.05) is 18.2 Å². The van der Waals surface area contributed by atoms with Crippen LogP contribution in [-0.2, 0) is 0 Å². The van der Waals surface area contributed by atoms with Crippen LogP contribution >= 0.6 is 0 Å². The van der Waals surface area contributed by atoms with E-state index >= 15 is 0 Å². The maximum absolute atomic E-state index is 11.9. The fraction of sp³-hybridized carbons (Fsp3) is 0.308. The molecule has 1 aromatic rings. The minimum absolute atomic E-state index is 0.282. The molecular weight excluding hydrogens is 234 g/mol. The Hall–Kier alpha value is -1.69. The number of aliphatic hydroxyl groups is 3. The molecule has 4 atom stereocenters. The van der Waals surface area contributed by atoms with Crippen LogP contribution in [-0.4, -0.2) is 45.6 Å². The lowest BCUT2D eigenvalue weighted by Crippen LogP contribution is -2.57. The highest BCUT2D eigenvalue weighted by molar-refractivity contribution is 6.04. The van der Waals surface area contributed by atoms with Crippen LogP contribution in [0.5, 0.6) is 0 Å². The highest BCUT2D eigenvalue weighted by Gasteiger charge is 2.42. The SMILES string of the molecule is O=C1N[C@H]2C(=C[C@@H](O)[C@@H](O)[C@@H]2O)c2ccccc21. The van der Waals surface area contributed by atoms with Crippen molar-refractivity contribution >= 4 is 11.5 Å². The second kappa shape index (κ2) is 3.91. The molecule has 0 aromatic heterocycles. The molecule has 0 unspecified atom stereocenters. The first kappa shape index (κ1) is 11.4. The zero-order valence-electron chi connectivity index (χ0n) is 9.45. The van der Waals surface area contributed by atoms with Gasteiger partial charge >= 0.3 is 0 Å². The van der Waals surface area contributed by atoms with Crippen molar-refractivity contribution in [2.75, 3.05) is 0 Å². The number of nitrogens with one attached hydrogen (secondary N) is 1. The van der Waals surface area contributed by atoms with Gasteiger partial charge in [0.2, 0.25) is 0 Å². The van der Waals surface area contributed by atoms with Crippen molar-refractivity contribution in [3.63, 3.8) is 0 Å². The highest BCUT2D eigenvalue weighted by Crippen LogP contribution is 2.33. The summed E-state index contributed by atoms with van der Waals surface area (Å²) in [5.41, 5.74) is 1.85. The molecule has 94 valence electrons. The van der Waals surface area contributed by atoms with Gasteiger partial charge in [-0.25, -0.2) is 0 Å². The third-order valence-electron chi connectivity index (χ3n) is 3.50. The highest BCUT2D eigenvalue weighted by atomic mass is 16.4. The van der Waals surface area contributed by atoms with Gasteiger partial charge in [0.05, 0.1) is 6.04 Å². The smallest absolute Gasteiger partial charge is 0.252 e. The molecule has 18 heavy (non-hydrogen) atoms. The van der Waals surface area contributed by atoms with Crippen molar-refractivity contribution < 1.29 is 20.1 Å². The van der Waals surface area contributed by atoms with Gasteiger partial charge in [0.25, 0.3) is 5.91 Å². The van der Waals surface area contributed by atoms with Crippen LogP contribution in [0.4, 0.5) is 0 Å². The largest absolute Gasteiger partial charge is 0.388 e. The van der Waals surface area contributed by atoms with Gasteiger partial charge in [0.1, 0.15) is 18.3 Å². The molecule has 1 heterocycles. The summed E-state index contributed by atoms with van der Waals surface area (Å²) in [4.78, 5) is 11.9. The zero-order chi connectivity index (χ0) is 12.9. The molecule has 5 nitrogen and oxygen atoms in total. The van der Waals surface area contributed by atoms with Crippen LogP contribution in [0.2, 0.25) is 0 Å². The molecule has 1 aliphatic heterocycles. The van der Waals surface area contributed by atoms with E-state index in [0.717, 1.165) is 0 Å². The van der Waals surface area contributed by atoms with Crippen molar-refractivity contribution in [2.24, 2.45) is 0 Å². The maximum Gasteiger partial charge on any atom is 0.252 e. The van der Waals surface area contributed by atoms with E-state index in [4.69, 9.17) is 0 Å². The van der Waals surface area contributed by atoms with Crippen LogP contribution in [0.25, 0.3) is 5.57 Å². The lowest BCUT2D eigenvalue weighted by Gasteiger charge is -2.38. The lowest BCUT2D eigenvalue weighted by molar-refractivity contribution is -0.0534. The van der Waals surface area contributed by atoms with Gasteiger partial charge in [-0.2, -0.15) is 0 Å². The zero-order valence-corrected chi connectivity index (χ0v) is 9.45. The van der Waals surface area contributed by atoms with Gasteiger partial charge in [0.15, 0.2) is 0 Å². The quantitative estimate of drug-likeness (QED) is 0.487. The summed E-state index contributed by atoms with van der Waals surface area (Å²) in [6.07, 6.45) is -2.14. The van der Waals surface area contributed by atoms with Crippen molar-refractivity contribution in [3.8, 4) is 0 Å². The van der Waals surface area contributed by atoms with E-state index in [-0.39, 0.29) is 5.91 Å². The Bertz CT molecular complexity index is 540. The van der Waals surface area contributed by atoms with E-state index in [1.165, 1.54) is 6.08 Å². The van der Waals surface area contributed by atoms with E-state index in [1.54, 1.807) is 24.3 Å². The summed E-state index contributed by atoms with van der Waals surface area (Å²) in [6.45, 7) is 0. The van der Waals surface area contributed by atoms with Crippen molar-refractivity contribution in [2.45, 2.75) is 24.4 Å². The van der Waals surface area contributed by atoms with Crippen LogP contribution < -0.4 is 5.32 Å². The molecule has 0 saturated carbocycles. The third-order valence-corrected chi connectivity index (χ3v) is 3.50. The molecule has 0 saturated heterocycles. The Labute approximate surface area is 103 Å². The average molecular weight is 247 g/mol. The van der Waals surface area contributed by atoms with Crippen molar-refractivity contribution in [3.05, 3.63) is 41.5 Å². The Kier molecular flexibility index (Phi) is 2.48. The number of hydrogen-bond acceptors (Lipinski definition) is 4. The third kappa shape index (κ3) is 1.49. The Balaban J connectivity index is 2.17. The first-order valence-corrected chi connectivity index (χ1v) is 5.76. The van der Waals surface area contributed by atoms with Crippen molar-refractivity contribution in [1.29, 1.82) is 0 Å². The summed E-state index contributed by atoms with van der Waals surface area (Å²) in [5, 5.41) is 31.9. The summed E-state index contributed by atoms with van der Waals surface area (Å²) in [6, 6.07) is 6.32. The van der Waals surface area contributed by atoms with E-state index in [1.807, 2.05) is 0 Å². The lowest BCUT2D eigenvalue weighted by atomic mass is 9.80. The molecule has 0 spiro atoms. The normalized spacial score (nSPS) is 34.2. The van der Waals surface area contributed by atoms with Gasteiger partial charge < -0.3 is 20.6 Å². The number of rotatable bonds is 0. The second-order valence-electron chi connectivity index (χ2n) is 4.59. The minimum atomic E-state index is -1.29. The molecular formula is C13H13NO4. The van der Waals surface area contributed by atoms with Crippen LogP contribution in [0.15, 0.2) is 30.3 Å². The van der Waals surface area contributed by atoms with Gasteiger partial charge in [-0.3, -0.25) is 4.79 Å². The summed E-state index contributed by atoms with van der Waals surface area (Å²) in [7, 11) is 0. The molecule has 4 N–H and O–H groups in total. The first-order chi connectivity index (χ1) is 8.59. The number of carbonyl (C=O) groups is 1. The number of benzene rings is 1. The maximum atomic E-state index is 11.9. The van der Waals surface area contributed by atoms with Crippen LogP contribution in [0.1, 0.15) is 15.9 Å². The number of carbonyl (C=O) groups excluding carboxylic acids is 1. The molecule has 0 fully saturated rings. The Morgan fingerprint density at radius 2 is 1.67 bits per heavy atom. The molecule has 5 heteroatoms. The first-order valence-electron chi connectivity index (χ1n) is 5.76. The molecule has 1 amide bonds. The summed E-state index contributed by atoms with van der Waals surface area (Å²) in [5.74, 6) is -0.282. The molecule has 3 rings (SSSR count). The van der Waals surface area contributed by atoms with Gasteiger partial charge in [-0.15, -0.1) is 0 Å². The van der Waals surface area contributed by atoms with E-state index in [9.17, 15) is 20.1 Å². The van der Waals surface area contributed by atoms with Crippen LogP contribution in [0.3, 0.4) is 0 Å². The van der Waals surface area contributed by atoms with E-state index < -0.39 is 24.4 Å². The van der Waals surface area contributed by atoms with Gasteiger partial charge in [0, 0.05) is 5.56 Å². The monoisotopic (exact) mass is 247 g/mol. The Morgan fingerprint density at radius 1 is 1.00 bits per heavy atom. The number of amides is 1. The molecule has 2 aliphatic rings. The van der Waals surface area contributed by atoms with E-state index in [0.29, 0.717) is 16.7 Å². The summed E-state index contributed by atoms with van der Waals surface area (Å²) < 4.78 is 0. The molecule has 0 bridgehead atoms. The van der Waals surface area contributed by atoms with Crippen molar-refractivity contribution in [1.82, 2.24) is 5.32 Å². The molecule has 0 radical (unpaired) electrons. The average Bonchev–Trinajstić information content (AvgIpc) is 2.38. The van der Waals surface area contributed by atoms with E-state index in [2.05, 4.69) is 5.32 Å². The second-order valence-corrected chi connectivity index (χ2v) is 4.59. The Morgan fingerprint density at radius 3 is 2.39 bits per heavy atom. The number of aliphatic hydroxyl groups excluding tert-OH is 3. The minimum Gasteiger partial charge on any atom is -0.388 e. The standard InChI is InChI=1S/C13H13NO4/c15-9-5-8-6-3-1-2-4-7(6)13(18)14-10(8)12(17)11(9)16/h1-5,9-12,15-17H,(H,14,18)/t9-,10+,11-,12-/m1/s1. The number of fused-ring (bicyclic) bond motifs is 3. The predicted octanol–water partition coefficient (Wildman–Crippen LogP) is -0.722. The fourth-order valence-corrected chi connectivity index (χ4v) is 2.54. The topological polar surface area (TPSA) is 89.8 Å². The molecule has 1 aliphatic carbocycles. The fourth-order valence-electron chi connectivity index (χ4n) is 2.54. The number of hydrogen-bond donors (Lipinski definition) is 4. The summed E-state index contributed by atoms with van der Waals surface area (Å²) >= 11 is 0.